The lowest BCUT2D eigenvalue weighted by Gasteiger charge is -2.23. The third-order valence-electron chi connectivity index (χ3n) is 6.51. The van der Waals surface area contributed by atoms with Crippen LogP contribution in [0, 0.1) is 6.92 Å². The molecule has 0 fully saturated rings. The predicted octanol–water partition coefficient (Wildman–Crippen LogP) is 5.06. The highest BCUT2D eigenvalue weighted by molar-refractivity contribution is 6.09. The highest BCUT2D eigenvalue weighted by Gasteiger charge is 2.37. The number of nitrogens with one attached hydrogen (secondary N) is 1. The van der Waals surface area contributed by atoms with Gasteiger partial charge >= 0.3 is 0 Å². The van der Waals surface area contributed by atoms with Gasteiger partial charge in [0, 0.05) is 29.9 Å². The van der Waals surface area contributed by atoms with Gasteiger partial charge in [-0.3, -0.25) is 9.59 Å². The summed E-state index contributed by atoms with van der Waals surface area (Å²) in [6.45, 7) is 3.79. The molecule has 2 aliphatic heterocycles. The molecule has 0 aliphatic carbocycles. The molecular formula is C28H28N2O4. The summed E-state index contributed by atoms with van der Waals surface area (Å²) in [6.07, 6.45) is 2.59. The zero-order valence-electron chi connectivity index (χ0n) is 19.7. The summed E-state index contributed by atoms with van der Waals surface area (Å²) in [5.74, 6) is 1.05. The Kier molecular flexibility index (Phi) is 5.74. The van der Waals surface area contributed by atoms with Gasteiger partial charge in [0.1, 0.15) is 6.61 Å². The molecule has 0 radical (unpaired) electrons. The maximum absolute atomic E-state index is 13.6. The highest BCUT2D eigenvalue weighted by Crippen LogP contribution is 2.40. The highest BCUT2D eigenvalue weighted by atomic mass is 16.5. The van der Waals surface area contributed by atoms with Gasteiger partial charge in [0.2, 0.25) is 5.91 Å². The molecule has 0 unspecified atom stereocenters. The van der Waals surface area contributed by atoms with Crippen molar-refractivity contribution >= 4 is 23.2 Å². The minimum absolute atomic E-state index is 0.0194. The van der Waals surface area contributed by atoms with Gasteiger partial charge in [0.25, 0.3) is 5.91 Å². The Morgan fingerprint density at radius 3 is 2.71 bits per heavy atom. The first-order valence-electron chi connectivity index (χ1n) is 11.6. The number of carbonyl (C=O) groups excluding carboxylic acids is 2. The van der Waals surface area contributed by atoms with Gasteiger partial charge in [-0.15, -0.1) is 0 Å². The molecule has 1 N–H and O–H groups in total. The van der Waals surface area contributed by atoms with Crippen molar-refractivity contribution in [1.29, 1.82) is 0 Å². The van der Waals surface area contributed by atoms with Crippen molar-refractivity contribution in [2.45, 2.75) is 45.8 Å². The first-order chi connectivity index (χ1) is 16.4. The van der Waals surface area contributed by atoms with E-state index in [1.165, 1.54) is 12.5 Å². The van der Waals surface area contributed by atoms with E-state index in [1.54, 1.807) is 7.11 Å². The number of fused-ring (bicyclic) bond motifs is 4. The molecule has 2 amide bonds. The van der Waals surface area contributed by atoms with Gasteiger partial charge in [0.05, 0.1) is 7.11 Å². The molecule has 3 aromatic rings. The fourth-order valence-corrected chi connectivity index (χ4v) is 5.08. The molecule has 174 valence electrons. The van der Waals surface area contributed by atoms with Gasteiger partial charge < -0.3 is 19.7 Å². The Hall–Kier alpha value is -3.80. The first kappa shape index (κ1) is 22.0. The van der Waals surface area contributed by atoms with E-state index < -0.39 is 0 Å². The molecule has 2 aliphatic rings. The molecule has 0 saturated carbocycles. The predicted molar refractivity (Wildman–Crippen MR) is 132 cm³/mol. The van der Waals surface area contributed by atoms with Gasteiger partial charge in [-0.05, 0) is 78.8 Å². The van der Waals surface area contributed by atoms with Crippen LogP contribution in [0.1, 0.15) is 46.0 Å². The number of nitrogens with zero attached hydrogens (tertiary/aromatic N) is 1. The third-order valence-corrected chi connectivity index (χ3v) is 6.51. The van der Waals surface area contributed by atoms with Crippen LogP contribution < -0.4 is 19.7 Å². The summed E-state index contributed by atoms with van der Waals surface area (Å²) in [7, 11) is 1.59. The summed E-state index contributed by atoms with van der Waals surface area (Å²) >= 11 is 0. The zero-order valence-corrected chi connectivity index (χ0v) is 19.7. The number of carbonyl (C=O) groups is 2. The van der Waals surface area contributed by atoms with E-state index in [0.29, 0.717) is 23.7 Å². The molecule has 5 rings (SSSR count). The minimum atomic E-state index is -0.113. The van der Waals surface area contributed by atoms with Crippen LogP contribution in [0.2, 0.25) is 0 Å². The quantitative estimate of drug-likeness (QED) is 0.583. The molecule has 0 aromatic heterocycles. The number of ether oxygens (including phenoxy) is 2. The maximum Gasteiger partial charge on any atom is 0.258 e. The lowest BCUT2D eigenvalue weighted by atomic mass is 9.99. The molecule has 0 bridgehead atoms. The van der Waals surface area contributed by atoms with Crippen LogP contribution in [0.5, 0.6) is 11.5 Å². The van der Waals surface area contributed by atoms with E-state index in [9.17, 15) is 9.59 Å². The van der Waals surface area contributed by atoms with E-state index in [2.05, 4.69) is 11.4 Å². The Morgan fingerprint density at radius 1 is 1.09 bits per heavy atom. The molecule has 6 heteroatoms. The summed E-state index contributed by atoms with van der Waals surface area (Å²) < 4.78 is 11.8. The number of methoxy groups -OCH3 is 1. The van der Waals surface area contributed by atoms with E-state index in [-0.39, 0.29) is 17.9 Å². The second kappa shape index (κ2) is 8.86. The van der Waals surface area contributed by atoms with Gasteiger partial charge in [0.15, 0.2) is 11.5 Å². The topological polar surface area (TPSA) is 67.9 Å². The molecule has 2 heterocycles. The van der Waals surface area contributed by atoms with Crippen LogP contribution in [-0.2, 0) is 24.2 Å². The smallest absolute Gasteiger partial charge is 0.258 e. The SMILES string of the molecule is COc1cc2c(cc1OCc1cc(C)cc(NC(C)=O)c1)CC[C@@H]1Cc3ccccc3N1C2=O. The number of anilines is 2. The Morgan fingerprint density at radius 2 is 1.91 bits per heavy atom. The molecule has 3 aromatic carbocycles. The summed E-state index contributed by atoms with van der Waals surface area (Å²) in [5.41, 5.74) is 6.61. The van der Waals surface area contributed by atoms with Gasteiger partial charge in [-0.1, -0.05) is 24.3 Å². The molecule has 0 spiro atoms. The largest absolute Gasteiger partial charge is 0.493 e. The van der Waals surface area contributed by atoms with Crippen molar-refractivity contribution in [2.75, 3.05) is 17.3 Å². The lowest BCUT2D eigenvalue weighted by molar-refractivity contribution is -0.114. The fourth-order valence-electron chi connectivity index (χ4n) is 5.08. The normalized spacial score (nSPS) is 16.3. The van der Waals surface area contributed by atoms with Crippen LogP contribution in [-0.4, -0.2) is 25.0 Å². The number of rotatable bonds is 5. The van der Waals surface area contributed by atoms with Crippen molar-refractivity contribution in [3.05, 3.63) is 82.4 Å². The van der Waals surface area contributed by atoms with Crippen molar-refractivity contribution < 1.29 is 19.1 Å². The van der Waals surface area contributed by atoms with Crippen LogP contribution in [0.4, 0.5) is 11.4 Å². The third kappa shape index (κ3) is 4.12. The van der Waals surface area contributed by atoms with Crippen molar-refractivity contribution in [1.82, 2.24) is 0 Å². The van der Waals surface area contributed by atoms with Gasteiger partial charge in [-0.2, -0.15) is 0 Å². The second-order valence-electron chi connectivity index (χ2n) is 9.04. The standard InChI is InChI=1S/C28H28N2O4/c1-17-10-19(12-22(11-17)29-18(2)31)16-34-27-14-20-8-9-23-13-21-6-4-5-7-25(21)30(23)28(32)24(20)15-26(27)33-3/h4-7,10-12,14-15,23H,8-9,13,16H2,1-3H3,(H,29,31)/t23-/m1/s1. The summed E-state index contributed by atoms with van der Waals surface area (Å²) in [6, 6.07) is 17.9. The summed E-state index contributed by atoms with van der Waals surface area (Å²) in [5, 5.41) is 2.82. The lowest BCUT2D eigenvalue weighted by Crippen LogP contribution is -2.36. The Balaban J connectivity index is 1.42. The van der Waals surface area contributed by atoms with E-state index in [0.717, 1.165) is 47.3 Å². The molecule has 6 nitrogen and oxygen atoms in total. The number of hydrogen-bond donors (Lipinski definition) is 1. The van der Waals surface area contributed by atoms with Crippen LogP contribution >= 0.6 is 0 Å². The number of para-hydroxylation sites is 1. The van der Waals surface area contributed by atoms with E-state index in [4.69, 9.17) is 9.47 Å². The molecule has 0 saturated heterocycles. The number of aryl methyl sites for hydroxylation is 2. The van der Waals surface area contributed by atoms with Crippen molar-refractivity contribution in [2.24, 2.45) is 0 Å². The van der Waals surface area contributed by atoms with Crippen molar-refractivity contribution in [3.8, 4) is 11.5 Å². The average molecular weight is 457 g/mol. The number of hydrogen-bond acceptors (Lipinski definition) is 4. The van der Waals surface area contributed by atoms with Crippen LogP contribution in [0.25, 0.3) is 0 Å². The molecule has 34 heavy (non-hydrogen) atoms. The van der Waals surface area contributed by atoms with E-state index >= 15 is 0 Å². The molecule has 1 atom stereocenters. The maximum atomic E-state index is 13.6. The fraction of sp³-hybridized carbons (Fsp3) is 0.286. The summed E-state index contributed by atoms with van der Waals surface area (Å²) in [4.78, 5) is 27.0. The van der Waals surface area contributed by atoms with Crippen LogP contribution in [0.15, 0.2) is 54.6 Å². The number of benzene rings is 3. The Labute approximate surface area is 199 Å². The monoisotopic (exact) mass is 456 g/mol. The minimum Gasteiger partial charge on any atom is -0.493 e. The number of amides is 2. The zero-order chi connectivity index (χ0) is 23.8. The van der Waals surface area contributed by atoms with E-state index in [1.807, 2.05) is 60.4 Å². The Bertz CT molecular complexity index is 1280. The second-order valence-corrected chi connectivity index (χ2v) is 9.04. The average Bonchev–Trinajstić information content (AvgIpc) is 3.12. The van der Waals surface area contributed by atoms with Gasteiger partial charge in [-0.25, -0.2) is 0 Å². The molecular weight excluding hydrogens is 428 g/mol. The van der Waals surface area contributed by atoms with Crippen molar-refractivity contribution in [3.63, 3.8) is 0 Å². The van der Waals surface area contributed by atoms with Crippen LogP contribution in [0.3, 0.4) is 0 Å². The first-order valence-corrected chi connectivity index (χ1v) is 11.6.